The third kappa shape index (κ3) is 2.52. The molecule has 4 heteroatoms. The van der Waals surface area contributed by atoms with Crippen molar-refractivity contribution in [1.29, 1.82) is 0 Å². The van der Waals surface area contributed by atoms with E-state index >= 15 is 0 Å². The van der Waals surface area contributed by atoms with Gasteiger partial charge < -0.3 is 14.4 Å². The van der Waals surface area contributed by atoms with Gasteiger partial charge in [-0.3, -0.25) is 4.79 Å². The van der Waals surface area contributed by atoms with Crippen molar-refractivity contribution in [2.45, 2.75) is 50.7 Å². The highest BCUT2D eigenvalue weighted by atomic mass is 16.6. The molecule has 0 aromatic heterocycles. The molecule has 3 rings (SSSR count). The second-order valence-electron chi connectivity index (χ2n) is 6.65. The Balaban J connectivity index is 1.51. The predicted molar refractivity (Wildman–Crippen MR) is 71.8 cm³/mol. The van der Waals surface area contributed by atoms with Crippen molar-refractivity contribution in [3.63, 3.8) is 0 Å². The largest absolute Gasteiger partial charge is 0.379 e. The number of ether oxygens (including phenoxy) is 2. The van der Waals surface area contributed by atoms with Gasteiger partial charge in [-0.15, -0.1) is 0 Å². The molecule has 0 radical (unpaired) electrons. The van der Waals surface area contributed by atoms with E-state index in [9.17, 15) is 4.79 Å². The molecule has 1 saturated carbocycles. The first-order valence-corrected chi connectivity index (χ1v) is 7.57. The maximum Gasteiger partial charge on any atom is 0.225 e. The zero-order valence-corrected chi connectivity index (χ0v) is 12.1. The van der Waals surface area contributed by atoms with Crippen molar-refractivity contribution in [3.05, 3.63) is 0 Å². The van der Waals surface area contributed by atoms with Crippen molar-refractivity contribution in [2.75, 3.05) is 26.8 Å². The van der Waals surface area contributed by atoms with Crippen molar-refractivity contribution in [2.24, 2.45) is 11.8 Å². The van der Waals surface area contributed by atoms with Crippen LogP contribution in [0.15, 0.2) is 0 Å². The van der Waals surface area contributed by atoms with E-state index in [1.165, 1.54) is 0 Å². The predicted octanol–water partition coefficient (Wildman–Crippen LogP) is 1.83. The smallest absolute Gasteiger partial charge is 0.225 e. The molecule has 1 aliphatic carbocycles. The number of rotatable bonds is 2. The first-order valence-electron chi connectivity index (χ1n) is 7.57. The van der Waals surface area contributed by atoms with Crippen LogP contribution in [0.3, 0.4) is 0 Å². The summed E-state index contributed by atoms with van der Waals surface area (Å²) in [6.45, 7) is 4.66. The van der Waals surface area contributed by atoms with E-state index in [4.69, 9.17) is 9.47 Å². The monoisotopic (exact) mass is 267 g/mol. The number of carbonyl (C=O) groups is 1. The molecule has 3 aliphatic rings. The molecule has 108 valence electrons. The number of carbonyl (C=O) groups excluding carboxylic acids is 1. The Hall–Kier alpha value is -0.610. The molecule has 1 amide bonds. The lowest BCUT2D eigenvalue weighted by molar-refractivity contribution is -0.144. The lowest BCUT2D eigenvalue weighted by atomic mass is 9.75. The Morgan fingerprint density at radius 3 is 2.53 bits per heavy atom. The van der Waals surface area contributed by atoms with Crippen LogP contribution in [0, 0.1) is 11.8 Å². The molecule has 1 unspecified atom stereocenters. The fourth-order valence-corrected chi connectivity index (χ4v) is 3.80. The number of nitrogens with zero attached hydrogens (tertiary/aromatic N) is 1. The molecule has 0 N–H and O–H groups in total. The van der Waals surface area contributed by atoms with Gasteiger partial charge in [-0.25, -0.2) is 0 Å². The summed E-state index contributed by atoms with van der Waals surface area (Å²) in [6, 6.07) is 0. The highest BCUT2D eigenvalue weighted by Gasteiger charge is 2.44. The van der Waals surface area contributed by atoms with E-state index < -0.39 is 0 Å². The number of piperidine rings is 1. The fraction of sp³-hybridized carbons (Fsp3) is 0.933. The Morgan fingerprint density at radius 2 is 2.00 bits per heavy atom. The van der Waals surface area contributed by atoms with E-state index in [1.54, 1.807) is 7.11 Å². The molecule has 2 aliphatic heterocycles. The summed E-state index contributed by atoms with van der Waals surface area (Å²) < 4.78 is 11.4. The van der Waals surface area contributed by atoms with E-state index in [0.717, 1.165) is 51.1 Å². The van der Waals surface area contributed by atoms with Gasteiger partial charge in [0.25, 0.3) is 0 Å². The van der Waals surface area contributed by atoms with Gasteiger partial charge in [-0.1, -0.05) is 6.92 Å². The molecule has 1 atom stereocenters. The maximum atomic E-state index is 12.3. The number of hydrogen-bond donors (Lipinski definition) is 0. The summed E-state index contributed by atoms with van der Waals surface area (Å²) in [5.74, 6) is 1.43. The van der Waals surface area contributed by atoms with Gasteiger partial charge in [0.2, 0.25) is 5.91 Å². The molecule has 2 saturated heterocycles. The van der Waals surface area contributed by atoms with Gasteiger partial charge >= 0.3 is 0 Å². The summed E-state index contributed by atoms with van der Waals surface area (Å²) in [4.78, 5) is 14.4. The SMILES string of the molecule is COC1COC2(CCN(C(=O)C3CC(C)C3)CC2)C1. The van der Waals surface area contributed by atoms with Crippen LogP contribution >= 0.6 is 0 Å². The van der Waals surface area contributed by atoms with Gasteiger partial charge in [-0.2, -0.15) is 0 Å². The van der Waals surface area contributed by atoms with Crippen LogP contribution in [-0.2, 0) is 14.3 Å². The van der Waals surface area contributed by atoms with Gasteiger partial charge in [0.15, 0.2) is 0 Å². The summed E-state index contributed by atoms with van der Waals surface area (Å²) in [5.41, 5.74) is -0.00956. The van der Waals surface area contributed by atoms with Gasteiger partial charge in [0.05, 0.1) is 18.3 Å². The van der Waals surface area contributed by atoms with Crippen LogP contribution in [0.2, 0.25) is 0 Å². The first-order chi connectivity index (χ1) is 9.12. The van der Waals surface area contributed by atoms with Crippen LogP contribution in [0.5, 0.6) is 0 Å². The normalized spacial score (nSPS) is 37.4. The molecule has 2 heterocycles. The van der Waals surface area contributed by atoms with Gasteiger partial charge in [-0.05, 0) is 31.6 Å². The van der Waals surface area contributed by atoms with Crippen molar-refractivity contribution in [3.8, 4) is 0 Å². The molecular formula is C15H25NO3. The van der Waals surface area contributed by atoms with Crippen molar-refractivity contribution >= 4 is 5.91 Å². The van der Waals surface area contributed by atoms with E-state index in [2.05, 4.69) is 11.8 Å². The lowest BCUT2D eigenvalue weighted by Crippen LogP contribution is -2.50. The molecule has 19 heavy (non-hydrogen) atoms. The average Bonchev–Trinajstić information content (AvgIpc) is 2.79. The van der Waals surface area contributed by atoms with Crippen molar-refractivity contribution in [1.82, 2.24) is 4.90 Å². The minimum Gasteiger partial charge on any atom is -0.379 e. The Morgan fingerprint density at radius 1 is 1.32 bits per heavy atom. The topological polar surface area (TPSA) is 38.8 Å². The first kappa shape index (κ1) is 13.4. The van der Waals surface area contributed by atoms with Crippen LogP contribution in [-0.4, -0.2) is 49.3 Å². The highest BCUT2D eigenvalue weighted by Crippen LogP contribution is 2.39. The van der Waals surface area contributed by atoms with Crippen LogP contribution < -0.4 is 0 Å². The maximum absolute atomic E-state index is 12.3. The highest BCUT2D eigenvalue weighted by molar-refractivity contribution is 5.79. The Bertz CT molecular complexity index is 343. The van der Waals surface area contributed by atoms with E-state index in [-0.39, 0.29) is 11.7 Å². The van der Waals surface area contributed by atoms with Crippen LogP contribution in [0.4, 0.5) is 0 Å². The minimum atomic E-state index is -0.00956. The van der Waals surface area contributed by atoms with Gasteiger partial charge in [0, 0.05) is 32.5 Å². The quantitative estimate of drug-likeness (QED) is 0.766. The minimum absolute atomic E-state index is 0.00956. The number of hydrogen-bond acceptors (Lipinski definition) is 3. The number of likely N-dealkylation sites (tertiary alicyclic amines) is 1. The Kier molecular flexibility index (Phi) is 3.56. The summed E-state index contributed by atoms with van der Waals surface area (Å²) in [5, 5.41) is 0. The fourth-order valence-electron chi connectivity index (χ4n) is 3.80. The molecule has 4 nitrogen and oxygen atoms in total. The third-order valence-corrected chi connectivity index (χ3v) is 5.22. The average molecular weight is 267 g/mol. The molecule has 0 bridgehead atoms. The zero-order valence-electron chi connectivity index (χ0n) is 12.1. The molecule has 3 fully saturated rings. The third-order valence-electron chi connectivity index (χ3n) is 5.22. The molecular weight excluding hydrogens is 242 g/mol. The van der Waals surface area contributed by atoms with Gasteiger partial charge in [0.1, 0.15) is 0 Å². The van der Waals surface area contributed by atoms with E-state index in [1.807, 2.05) is 0 Å². The van der Waals surface area contributed by atoms with Crippen LogP contribution in [0.25, 0.3) is 0 Å². The number of methoxy groups -OCH3 is 1. The lowest BCUT2D eigenvalue weighted by Gasteiger charge is -2.42. The second kappa shape index (κ2) is 5.06. The molecule has 0 aromatic rings. The number of amides is 1. The second-order valence-corrected chi connectivity index (χ2v) is 6.65. The Labute approximate surface area is 115 Å². The zero-order chi connectivity index (χ0) is 13.5. The van der Waals surface area contributed by atoms with E-state index in [0.29, 0.717) is 18.4 Å². The van der Waals surface area contributed by atoms with Crippen LogP contribution in [0.1, 0.15) is 39.0 Å². The summed E-state index contributed by atoms with van der Waals surface area (Å²) in [7, 11) is 1.75. The standard InChI is InChI=1S/C15H25NO3/c1-11-7-12(8-11)14(17)16-5-3-15(4-6-16)9-13(18-2)10-19-15/h11-13H,3-10H2,1-2H3. The summed E-state index contributed by atoms with van der Waals surface area (Å²) in [6.07, 6.45) is 5.36. The van der Waals surface area contributed by atoms with Crippen molar-refractivity contribution < 1.29 is 14.3 Å². The molecule has 0 aromatic carbocycles. The molecule has 1 spiro atoms. The summed E-state index contributed by atoms with van der Waals surface area (Å²) >= 11 is 0.